The van der Waals surface area contributed by atoms with E-state index in [0.717, 1.165) is 18.4 Å². The first-order valence-corrected chi connectivity index (χ1v) is 7.43. The van der Waals surface area contributed by atoms with Crippen LogP contribution in [0.5, 0.6) is 0 Å². The standard InChI is InChI=1S/C16H24N2O2/c1-12-8-9-15(14(17)10-12)18-16(19)11-20-13-6-4-2-3-5-7-13/h8-10,13H,2-7,11,17H2,1H3,(H,18,19). The van der Waals surface area contributed by atoms with Gasteiger partial charge in [0.2, 0.25) is 5.91 Å². The lowest BCUT2D eigenvalue weighted by Crippen LogP contribution is -2.23. The molecular weight excluding hydrogens is 252 g/mol. The van der Waals surface area contributed by atoms with Crippen molar-refractivity contribution in [1.82, 2.24) is 0 Å². The van der Waals surface area contributed by atoms with Gasteiger partial charge in [-0.25, -0.2) is 0 Å². The molecule has 1 fully saturated rings. The molecule has 3 N–H and O–H groups in total. The Morgan fingerprint density at radius 2 is 2.00 bits per heavy atom. The van der Waals surface area contributed by atoms with Gasteiger partial charge in [0.05, 0.1) is 17.5 Å². The van der Waals surface area contributed by atoms with Crippen LogP contribution in [0.15, 0.2) is 18.2 Å². The van der Waals surface area contributed by atoms with Crippen LogP contribution in [0.1, 0.15) is 44.1 Å². The van der Waals surface area contributed by atoms with Gasteiger partial charge in [-0.05, 0) is 37.5 Å². The molecule has 1 aromatic carbocycles. The van der Waals surface area contributed by atoms with Crippen molar-refractivity contribution in [2.45, 2.75) is 51.6 Å². The van der Waals surface area contributed by atoms with Gasteiger partial charge in [-0.1, -0.05) is 31.7 Å². The van der Waals surface area contributed by atoms with E-state index >= 15 is 0 Å². The highest BCUT2D eigenvalue weighted by Crippen LogP contribution is 2.21. The van der Waals surface area contributed by atoms with E-state index in [1.807, 2.05) is 25.1 Å². The van der Waals surface area contributed by atoms with Gasteiger partial charge in [-0.3, -0.25) is 4.79 Å². The van der Waals surface area contributed by atoms with Crippen LogP contribution < -0.4 is 11.1 Å². The zero-order valence-electron chi connectivity index (χ0n) is 12.2. The van der Waals surface area contributed by atoms with E-state index in [0.29, 0.717) is 11.4 Å². The van der Waals surface area contributed by atoms with Crippen molar-refractivity contribution >= 4 is 17.3 Å². The molecule has 0 radical (unpaired) electrons. The van der Waals surface area contributed by atoms with E-state index in [1.54, 1.807) is 0 Å². The number of nitrogens with two attached hydrogens (primary N) is 1. The Labute approximate surface area is 120 Å². The van der Waals surface area contributed by atoms with Crippen molar-refractivity contribution < 1.29 is 9.53 Å². The van der Waals surface area contributed by atoms with Gasteiger partial charge in [-0.15, -0.1) is 0 Å². The summed E-state index contributed by atoms with van der Waals surface area (Å²) in [6.45, 7) is 2.08. The third kappa shape index (κ3) is 4.53. The molecule has 0 saturated heterocycles. The number of hydrogen-bond donors (Lipinski definition) is 2. The Morgan fingerprint density at radius 1 is 1.30 bits per heavy atom. The maximum absolute atomic E-state index is 11.9. The topological polar surface area (TPSA) is 64.3 Å². The third-order valence-electron chi connectivity index (χ3n) is 3.73. The fourth-order valence-electron chi connectivity index (χ4n) is 2.58. The number of ether oxygens (including phenoxy) is 1. The first-order chi connectivity index (χ1) is 9.65. The maximum atomic E-state index is 11.9. The lowest BCUT2D eigenvalue weighted by molar-refractivity contribution is -0.122. The van der Waals surface area contributed by atoms with Gasteiger partial charge in [-0.2, -0.15) is 0 Å². The minimum Gasteiger partial charge on any atom is -0.397 e. The van der Waals surface area contributed by atoms with E-state index in [9.17, 15) is 4.79 Å². The number of carbonyl (C=O) groups excluding carboxylic acids is 1. The molecule has 2 rings (SSSR count). The van der Waals surface area contributed by atoms with Crippen molar-refractivity contribution in [2.24, 2.45) is 0 Å². The molecule has 4 nitrogen and oxygen atoms in total. The normalized spacial score (nSPS) is 16.6. The number of aryl methyl sites for hydroxylation is 1. The van der Waals surface area contributed by atoms with E-state index in [4.69, 9.17) is 10.5 Å². The summed E-state index contributed by atoms with van der Waals surface area (Å²) >= 11 is 0. The highest BCUT2D eigenvalue weighted by atomic mass is 16.5. The number of anilines is 2. The fourth-order valence-corrected chi connectivity index (χ4v) is 2.58. The van der Waals surface area contributed by atoms with Crippen LogP contribution in [0.3, 0.4) is 0 Å². The molecule has 0 heterocycles. The molecule has 0 aromatic heterocycles. The number of rotatable bonds is 4. The van der Waals surface area contributed by atoms with E-state index in [-0.39, 0.29) is 18.6 Å². The zero-order valence-corrected chi connectivity index (χ0v) is 12.2. The van der Waals surface area contributed by atoms with Gasteiger partial charge in [0.1, 0.15) is 6.61 Å². The predicted molar refractivity (Wildman–Crippen MR) is 81.7 cm³/mol. The van der Waals surface area contributed by atoms with Crippen LogP contribution in [0.4, 0.5) is 11.4 Å². The molecule has 0 spiro atoms. The quantitative estimate of drug-likeness (QED) is 0.655. The Bertz CT molecular complexity index is 452. The highest BCUT2D eigenvalue weighted by Gasteiger charge is 2.14. The van der Waals surface area contributed by atoms with Crippen molar-refractivity contribution in [3.63, 3.8) is 0 Å². The molecule has 0 atom stereocenters. The minimum atomic E-state index is -0.134. The number of carbonyl (C=O) groups is 1. The lowest BCUT2D eigenvalue weighted by Gasteiger charge is -2.15. The molecule has 1 aliphatic rings. The molecule has 0 unspecified atom stereocenters. The Kier molecular flexibility index (Phi) is 5.41. The predicted octanol–water partition coefficient (Wildman–Crippen LogP) is 3.26. The summed E-state index contributed by atoms with van der Waals surface area (Å²) in [4.78, 5) is 11.9. The lowest BCUT2D eigenvalue weighted by atomic mass is 10.1. The van der Waals surface area contributed by atoms with Gasteiger partial charge in [0.15, 0.2) is 0 Å². The average molecular weight is 276 g/mol. The fraction of sp³-hybridized carbons (Fsp3) is 0.562. The van der Waals surface area contributed by atoms with E-state index in [2.05, 4.69) is 5.32 Å². The summed E-state index contributed by atoms with van der Waals surface area (Å²) < 4.78 is 5.71. The van der Waals surface area contributed by atoms with Gasteiger partial charge in [0.25, 0.3) is 0 Å². The molecule has 1 amide bonds. The molecule has 1 aliphatic carbocycles. The Hall–Kier alpha value is -1.55. The van der Waals surface area contributed by atoms with Crippen molar-refractivity contribution in [2.75, 3.05) is 17.7 Å². The number of nitrogens with one attached hydrogen (secondary N) is 1. The van der Waals surface area contributed by atoms with Crippen molar-refractivity contribution in [3.8, 4) is 0 Å². The van der Waals surface area contributed by atoms with Crippen molar-refractivity contribution in [1.29, 1.82) is 0 Å². The summed E-state index contributed by atoms with van der Waals surface area (Å²) in [5, 5.41) is 2.80. The van der Waals surface area contributed by atoms with Crippen LogP contribution in [-0.4, -0.2) is 18.6 Å². The number of nitrogen functional groups attached to an aromatic ring is 1. The van der Waals surface area contributed by atoms with E-state index < -0.39 is 0 Å². The zero-order chi connectivity index (χ0) is 14.4. The molecule has 0 bridgehead atoms. The second-order valence-corrected chi connectivity index (χ2v) is 5.56. The third-order valence-corrected chi connectivity index (χ3v) is 3.73. The largest absolute Gasteiger partial charge is 0.397 e. The molecule has 110 valence electrons. The van der Waals surface area contributed by atoms with Gasteiger partial charge < -0.3 is 15.8 Å². The van der Waals surface area contributed by atoms with Crippen LogP contribution in [0, 0.1) is 6.92 Å². The van der Waals surface area contributed by atoms with Gasteiger partial charge in [0, 0.05) is 0 Å². The van der Waals surface area contributed by atoms with E-state index in [1.165, 1.54) is 25.7 Å². The van der Waals surface area contributed by atoms with Crippen molar-refractivity contribution in [3.05, 3.63) is 23.8 Å². The molecule has 0 aliphatic heterocycles. The van der Waals surface area contributed by atoms with Gasteiger partial charge >= 0.3 is 0 Å². The molecule has 4 heteroatoms. The van der Waals surface area contributed by atoms with Crippen LogP contribution >= 0.6 is 0 Å². The Balaban J connectivity index is 1.79. The second kappa shape index (κ2) is 7.29. The SMILES string of the molecule is Cc1ccc(NC(=O)COC2CCCCCC2)c(N)c1. The maximum Gasteiger partial charge on any atom is 0.250 e. The first-order valence-electron chi connectivity index (χ1n) is 7.43. The molecule has 1 saturated carbocycles. The average Bonchev–Trinajstić information content (AvgIpc) is 2.68. The summed E-state index contributed by atoms with van der Waals surface area (Å²) in [5.74, 6) is -0.134. The van der Waals surface area contributed by atoms with Crippen LogP contribution in [0.2, 0.25) is 0 Å². The number of benzene rings is 1. The van der Waals surface area contributed by atoms with Crippen LogP contribution in [-0.2, 0) is 9.53 Å². The Morgan fingerprint density at radius 3 is 2.65 bits per heavy atom. The second-order valence-electron chi connectivity index (χ2n) is 5.56. The number of hydrogen-bond acceptors (Lipinski definition) is 3. The summed E-state index contributed by atoms with van der Waals surface area (Å²) in [6.07, 6.45) is 7.35. The smallest absolute Gasteiger partial charge is 0.250 e. The summed E-state index contributed by atoms with van der Waals surface area (Å²) in [5.41, 5.74) is 8.20. The van der Waals surface area contributed by atoms with Crippen LogP contribution in [0.25, 0.3) is 0 Å². The molecular formula is C16H24N2O2. The molecule has 1 aromatic rings. The minimum absolute atomic E-state index is 0.109. The monoisotopic (exact) mass is 276 g/mol. The highest BCUT2D eigenvalue weighted by molar-refractivity contribution is 5.94. The summed E-state index contributed by atoms with van der Waals surface area (Å²) in [6, 6.07) is 5.61. The first kappa shape index (κ1) is 14.9. The summed E-state index contributed by atoms with van der Waals surface area (Å²) in [7, 11) is 0. The number of amides is 1. The molecule has 20 heavy (non-hydrogen) atoms.